The maximum atomic E-state index is 5.42. The van der Waals surface area contributed by atoms with E-state index in [9.17, 15) is 0 Å². The molecule has 1 spiro atoms. The molecule has 298 valence electrons. The van der Waals surface area contributed by atoms with Crippen molar-refractivity contribution < 1.29 is 0 Å². The number of aromatic nitrogens is 4. The van der Waals surface area contributed by atoms with Crippen LogP contribution in [0, 0.1) is 0 Å². The fourth-order valence-corrected chi connectivity index (χ4v) is 11.5. The Hall–Kier alpha value is -7.99. The number of nitrogens with zero attached hydrogens (tertiary/aromatic N) is 4. The van der Waals surface area contributed by atoms with Crippen LogP contribution >= 0.6 is 11.8 Å². The average molecular weight is 833 g/mol. The number of hydrogen-bond donors (Lipinski definition) is 0. The third-order valence-corrected chi connectivity index (χ3v) is 14.2. The first kappa shape index (κ1) is 36.6. The van der Waals surface area contributed by atoms with Crippen LogP contribution in [-0.2, 0) is 5.41 Å². The van der Waals surface area contributed by atoms with Crippen LogP contribution < -0.4 is 0 Å². The molecule has 1 aliphatic heterocycles. The zero-order valence-corrected chi connectivity index (χ0v) is 35.3. The van der Waals surface area contributed by atoms with Crippen LogP contribution in [0.1, 0.15) is 22.3 Å². The van der Waals surface area contributed by atoms with Crippen LogP contribution in [0.2, 0.25) is 0 Å². The molecule has 0 radical (unpaired) electrons. The molecule has 9 aromatic carbocycles. The smallest absolute Gasteiger partial charge is 0.164 e. The van der Waals surface area contributed by atoms with Gasteiger partial charge in [-0.3, -0.25) is 0 Å². The molecule has 0 amide bonds. The van der Waals surface area contributed by atoms with Gasteiger partial charge in [0.2, 0.25) is 0 Å². The van der Waals surface area contributed by atoms with Crippen molar-refractivity contribution in [3.8, 4) is 67.7 Å². The molecule has 2 aliphatic rings. The van der Waals surface area contributed by atoms with E-state index >= 15 is 0 Å². The Morgan fingerprint density at radius 3 is 1.55 bits per heavy atom. The van der Waals surface area contributed by atoms with E-state index in [1.807, 2.05) is 72.4 Å². The summed E-state index contributed by atoms with van der Waals surface area (Å²) in [4.78, 5) is 22.9. The number of fused-ring (bicyclic) bond motifs is 13. The lowest BCUT2D eigenvalue weighted by molar-refractivity contribution is 0.726. The molecule has 64 heavy (non-hydrogen) atoms. The Morgan fingerprint density at radius 2 is 0.859 bits per heavy atom. The predicted molar refractivity (Wildman–Crippen MR) is 261 cm³/mol. The summed E-state index contributed by atoms with van der Waals surface area (Å²) in [6, 6.07) is 78.0. The monoisotopic (exact) mass is 832 g/mol. The van der Waals surface area contributed by atoms with Gasteiger partial charge in [0.15, 0.2) is 17.5 Å². The highest BCUT2D eigenvalue weighted by atomic mass is 32.2. The van der Waals surface area contributed by atoms with Crippen molar-refractivity contribution in [3.63, 3.8) is 0 Å². The molecule has 0 N–H and O–H groups in total. The van der Waals surface area contributed by atoms with E-state index in [4.69, 9.17) is 19.9 Å². The lowest BCUT2D eigenvalue weighted by atomic mass is 9.67. The van der Waals surface area contributed by atoms with Crippen molar-refractivity contribution in [3.05, 3.63) is 241 Å². The first-order chi connectivity index (χ1) is 31.7. The summed E-state index contributed by atoms with van der Waals surface area (Å²) in [5.41, 5.74) is 15.5. The van der Waals surface area contributed by atoms with E-state index in [1.165, 1.54) is 48.6 Å². The van der Waals surface area contributed by atoms with Gasteiger partial charge >= 0.3 is 0 Å². The minimum Gasteiger partial charge on any atom is -0.247 e. The van der Waals surface area contributed by atoms with Gasteiger partial charge in [-0.25, -0.2) is 19.9 Å². The highest BCUT2D eigenvalue weighted by Gasteiger charge is 2.50. The molecular formula is C59H36N4S. The molecule has 5 heteroatoms. The highest BCUT2D eigenvalue weighted by molar-refractivity contribution is 7.99. The number of rotatable bonds is 5. The van der Waals surface area contributed by atoms with Gasteiger partial charge in [-0.2, -0.15) is 0 Å². The Balaban J connectivity index is 0.947. The summed E-state index contributed by atoms with van der Waals surface area (Å²) < 4.78 is 0. The van der Waals surface area contributed by atoms with Gasteiger partial charge in [-0.1, -0.05) is 212 Å². The molecule has 3 heterocycles. The fraction of sp³-hybridized carbons (Fsp3) is 0.0169. The van der Waals surface area contributed by atoms with E-state index in [0.29, 0.717) is 17.5 Å². The van der Waals surface area contributed by atoms with Crippen LogP contribution in [0.3, 0.4) is 0 Å². The van der Waals surface area contributed by atoms with E-state index in [2.05, 4.69) is 158 Å². The van der Waals surface area contributed by atoms with Crippen LogP contribution in [0.4, 0.5) is 0 Å². The second-order valence-electron chi connectivity index (χ2n) is 16.5. The third-order valence-electron chi connectivity index (χ3n) is 13.0. The second-order valence-corrected chi connectivity index (χ2v) is 17.5. The molecule has 4 nitrogen and oxygen atoms in total. The zero-order valence-electron chi connectivity index (χ0n) is 34.5. The van der Waals surface area contributed by atoms with Crippen molar-refractivity contribution in [1.82, 2.24) is 19.9 Å². The Kier molecular flexibility index (Phi) is 8.33. The van der Waals surface area contributed by atoms with Gasteiger partial charge in [0.25, 0.3) is 0 Å². The number of benzene rings is 9. The number of pyridine rings is 1. The molecule has 2 aromatic heterocycles. The molecule has 0 fully saturated rings. The summed E-state index contributed by atoms with van der Waals surface area (Å²) in [6.07, 6.45) is 0. The van der Waals surface area contributed by atoms with E-state index in [0.717, 1.165) is 55.4 Å². The summed E-state index contributed by atoms with van der Waals surface area (Å²) in [5.74, 6) is 1.92. The first-order valence-electron chi connectivity index (χ1n) is 21.6. The third kappa shape index (κ3) is 5.57. The van der Waals surface area contributed by atoms with E-state index < -0.39 is 5.41 Å². The lowest BCUT2D eigenvalue weighted by Gasteiger charge is -2.40. The Labute approximate surface area is 375 Å². The largest absolute Gasteiger partial charge is 0.247 e. The number of hydrogen-bond acceptors (Lipinski definition) is 5. The molecule has 13 rings (SSSR count). The van der Waals surface area contributed by atoms with Gasteiger partial charge in [0, 0.05) is 48.2 Å². The van der Waals surface area contributed by atoms with Crippen LogP contribution in [0.25, 0.3) is 89.4 Å². The van der Waals surface area contributed by atoms with Gasteiger partial charge in [0.05, 0.1) is 16.6 Å². The first-order valence-corrected chi connectivity index (χ1v) is 22.4. The van der Waals surface area contributed by atoms with Crippen molar-refractivity contribution in [2.24, 2.45) is 0 Å². The van der Waals surface area contributed by atoms with E-state index in [1.54, 1.807) is 0 Å². The second kappa shape index (κ2) is 14.6. The highest BCUT2D eigenvalue weighted by Crippen LogP contribution is 2.63. The quantitative estimate of drug-likeness (QED) is 0.162. The van der Waals surface area contributed by atoms with Crippen molar-refractivity contribution >= 4 is 33.4 Å². The maximum absolute atomic E-state index is 5.42. The summed E-state index contributed by atoms with van der Waals surface area (Å²) >= 11 is 1.90. The molecule has 0 saturated carbocycles. The van der Waals surface area contributed by atoms with Crippen molar-refractivity contribution in [1.29, 1.82) is 0 Å². The number of para-hydroxylation sites is 1. The summed E-state index contributed by atoms with van der Waals surface area (Å²) in [6.45, 7) is 0. The normalized spacial score (nSPS) is 13.1. The maximum Gasteiger partial charge on any atom is 0.164 e. The summed E-state index contributed by atoms with van der Waals surface area (Å²) in [7, 11) is 0. The molecule has 0 saturated heterocycles. The molecule has 0 bridgehead atoms. The van der Waals surface area contributed by atoms with Gasteiger partial charge in [0.1, 0.15) is 0 Å². The molecule has 1 aliphatic carbocycles. The SMILES string of the molecule is c1ccc(-c2nc(-c3ccccc3)nc(-c3cccc(-c4ccc(-c5nc6ccccc6c6c7c(ccc56)C5(c6ccccc6S7)c6ccccc6-c6ccccc65)cc4)c3)n2)cc1. The van der Waals surface area contributed by atoms with Crippen molar-refractivity contribution in [2.75, 3.05) is 0 Å². The summed E-state index contributed by atoms with van der Waals surface area (Å²) in [5, 5.41) is 3.56. The van der Waals surface area contributed by atoms with Crippen molar-refractivity contribution in [2.45, 2.75) is 15.2 Å². The van der Waals surface area contributed by atoms with Crippen LogP contribution in [0.15, 0.2) is 228 Å². The zero-order chi connectivity index (χ0) is 42.2. The van der Waals surface area contributed by atoms with Crippen LogP contribution in [0.5, 0.6) is 0 Å². The fourth-order valence-electron chi connectivity index (χ4n) is 10.2. The van der Waals surface area contributed by atoms with Gasteiger partial charge < -0.3 is 0 Å². The van der Waals surface area contributed by atoms with Crippen LogP contribution in [-0.4, -0.2) is 19.9 Å². The molecule has 0 unspecified atom stereocenters. The van der Waals surface area contributed by atoms with Gasteiger partial charge in [-0.05, 0) is 62.7 Å². The topological polar surface area (TPSA) is 51.6 Å². The predicted octanol–water partition coefficient (Wildman–Crippen LogP) is 14.7. The minimum atomic E-state index is -0.452. The van der Waals surface area contributed by atoms with E-state index in [-0.39, 0.29) is 0 Å². The minimum absolute atomic E-state index is 0.452. The lowest BCUT2D eigenvalue weighted by Crippen LogP contribution is -2.32. The molecule has 0 atom stereocenters. The average Bonchev–Trinajstić information content (AvgIpc) is 3.67. The van der Waals surface area contributed by atoms with Gasteiger partial charge in [-0.15, -0.1) is 0 Å². The molecular weight excluding hydrogens is 797 g/mol. The Morgan fingerprint density at radius 1 is 0.328 bits per heavy atom. The standard InChI is InChI=1S/C59H36N4S/c1-3-16-39(17-4-1)56-61-57(40-18-5-2-6-19-40)63-58(62-56)42-21-15-20-41(36-42)37-30-32-38(33-31-37)54-46-34-35-50-55(53(46)45-24-9-13-28-51(45)60-54)64-52-29-14-12-27-49(52)59(50)47-25-10-7-22-43(47)44-23-8-11-26-48(44)59/h1-36H. The Bertz CT molecular complexity index is 3540. The molecule has 11 aromatic rings.